The molecule has 2 nitrogen and oxygen atoms in total. The van der Waals surface area contributed by atoms with Crippen molar-refractivity contribution in [3.63, 3.8) is 0 Å². The second-order valence-electron chi connectivity index (χ2n) is 7.12. The van der Waals surface area contributed by atoms with Gasteiger partial charge in [-0.1, -0.05) is 82.8 Å². The van der Waals surface area contributed by atoms with Crippen molar-refractivity contribution < 1.29 is 9.90 Å². The monoisotopic (exact) mass is 458 g/mol. The molecule has 0 aliphatic carbocycles. The van der Waals surface area contributed by atoms with Crippen LogP contribution in [0, 0.1) is 3.57 Å². The molecule has 0 saturated heterocycles. The van der Waals surface area contributed by atoms with Gasteiger partial charge in [0.05, 0.1) is 0 Å². The molecule has 3 heteroatoms. The van der Waals surface area contributed by atoms with Crippen LogP contribution < -0.4 is 0 Å². The van der Waals surface area contributed by atoms with Gasteiger partial charge in [0, 0.05) is 9.99 Å². The molecule has 1 aromatic rings. The van der Waals surface area contributed by atoms with Gasteiger partial charge in [0.2, 0.25) is 0 Å². The zero-order valence-corrected chi connectivity index (χ0v) is 17.8. The van der Waals surface area contributed by atoms with Crippen molar-refractivity contribution in [1.29, 1.82) is 0 Å². The Morgan fingerprint density at radius 2 is 1.08 bits per heavy atom. The predicted molar refractivity (Wildman–Crippen MR) is 115 cm³/mol. The Bertz CT molecular complexity index is 442. The predicted octanol–water partition coefficient (Wildman–Crippen LogP) is 7.38. The molecule has 0 aliphatic rings. The van der Waals surface area contributed by atoms with E-state index < -0.39 is 5.97 Å². The molecule has 1 N–H and O–H groups in total. The number of hydrogen-bond acceptors (Lipinski definition) is 1. The second-order valence-corrected chi connectivity index (χ2v) is 8.36. The zero-order chi connectivity index (χ0) is 18.2. The van der Waals surface area contributed by atoms with E-state index in [1.165, 1.54) is 86.2 Å². The van der Waals surface area contributed by atoms with Crippen LogP contribution in [0.25, 0.3) is 0 Å². The Hall–Kier alpha value is -0.580. The highest BCUT2D eigenvalue weighted by molar-refractivity contribution is 14.1. The second kappa shape index (κ2) is 15.7. The molecule has 0 aromatic heterocycles. The van der Waals surface area contributed by atoms with Crippen LogP contribution in [0.5, 0.6) is 0 Å². The molecule has 0 unspecified atom stereocenters. The summed E-state index contributed by atoms with van der Waals surface area (Å²) in [4.78, 5) is 10.4. The van der Waals surface area contributed by atoms with E-state index >= 15 is 0 Å². The molecule has 25 heavy (non-hydrogen) atoms. The van der Waals surface area contributed by atoms with Crippen LogP contribution in [-0.2, 0) is 11.2 Å². The summed E-state index contributed by atoms with van der Waals surface area (Å²) < 4.78 is 1.32. The Labute approximate surface area is 167 Å². The SMILES string of the molecule is O=C(O)CCCCCCCCCCCCCCCc1ccc(I)cc1. The lowest BCUT2D eigenvalue weighted by molar-refractivity contribution is -0.137. The fourth-order valence-corrected chi connectivity index (χ4v) is 3.56. The van der Waals surface area contributed by atoms with E-state index in [0.717, 1.165) is 12.8 Å². The van der Waals surface area contributed by atoms with E-state index in [0.29, 0.717) is 6.42 Å². The van der Waals surface area contributed by atoms with Crippen molar-refractivity contribution in [2.24, 2.45) is 0 Å². The smallest absolute Gasteiger partial charge is 0.303 e. The maximum Gasteiger partial charge on any atom is 0.303 e. The molecule has 0 spiro atoms. The first-order valence-corrected chi connectivity index (χ1v) is 11.2. The van der Waals surface area contributed by atoms with Gasteiger partial charge in [0.25, 0.3) is 0 Å². The number of rotatable bonds is 16. The molecule has 0 fully saturated rings. The third-order valence-electron chi connectivity index (χ3n) is 4.77. The van der Waals surface area contributed by atoms with Crippen molar-refractivity contribution in [1.82, 2.24) is 0 Å². The maximum atomic E-state index is 10.4. The number of aliphatic carboxylic acids is 1. The minimum Gasteiger partial charge on any atom is -0.481 e. The van der Waals surface area contributed by atoms with E-state index in [1.807, 2.05) is 0 Å². The molecule has 142 valence electrons. The summed E-state index contributed by atoms with van der Waals surface area (Å²) in [6.07, 6.45) is 18.2. The van der Waals surface area contributed by atoms with Gasteiger partial charge in [-0.25, -0.2) is 0 Å². The first kappa shape index (κ1) is 22.5. The number of carboxylic acids is 1. The molecule has 1 rings (SSSR count). The number of carboxylic acid groups (broad SMARTS) is 1. The van der Waals surface area contributed by atoms with Gasteiger partial charge in [-0.15, -0.1) is 0 Å². The molecule has 0 atom stereocenters. The van der Waals surface area contributed by atoms with Crippen LogP contribution in [0.4, 0.5) is 0 Å². The van der Waals surface area contributed by atoms with Gasteiger partial charge in [0.1, 0.15) is 0 Å². The number of benzene rings is 1. The van der Waals surface area contributed by atoms with Gasteiger partial charge in [-0.05, 0) is 59.5 Å². The average Bonchev–Trinajstić information content (AvgIpc) is 2.59. The van der Waals surface area contributed by atoms with E-state index in [2.05, 4.69) is 46.9 Å². The van der Waals surface area contributed by atoms with E-state index in [4.69, 9.17) is 5.11 Å². The van der Waals surface area contributed by atoms with E-state index in [9.17, 15) is 4.79 Å². The Kier molecular flexibility index (Phi) is 14.1. The van der Waals surface area contributed by atoms with Gasteiger partial charge in [0.15, 0.2) is 0 Å². The fourth-order valence-electron chi connectivity index (χ4n) is 3.20. The highest BCUT2D eigenvalue weighted by atomic mass is 127. The minimum absolute atomic E-state index is 0.338. The zero-order valence-electron chi connectivity index (χ0n) is 15.6. The number of carbonyl (C=O) groups is 1. The summed E-state index contributed by atoms with van der Waals surface area (Å²) in [5.41, 5.74) is 1.48. The third-order valence-corrected chi connectivity index (χ3v) is 5.49. The van der Waals surface area contributed by atoms with Crippen molar-refractivity contribution in [3.05, 3.63) is 33.4 Å². The molecule has 0 amide bonds. The summed E-state index contributed by atoms with van der Waals surface area (Å²) >= 11 is 2.36. The topological polar surface area (TPSA) is 37.3 Å². The maximum absolute atomic E-state index is 10.4. The summed E-state index contributed by atoms with van der Waals surface area (Å²) in [5, 5.41) is 8.57. The highest BCUT2D eigenvalue weighted by Crippen LogP contribution is 2.14. The third kappa shape index (κ3) is 14.3. The summed E-state index contributed by atoms with van der Waals surface area (Å²) in [7, 11) is 0. The minimum atomic E-state index is -0.658. The van der Waals surface area contributed by atoms with Crippen LogP contribution in [0.2, 0.25) is 0 Å². The van der Waals surface area contributed by atoms with Crippen LogP contribution in [0.15, 0.2) is 24.3 Å². The standard InChI is InChI=1S/C22H35IO2/c23-21-18-16-20(17-19-21)14-12-10-8-6-4-2-1-3-5-7-9-11-13-15-22(24)25/h16-19H,1-15H2,(H,24,25). The lowest BCUT2D eigenvalue weighted by Crippen LogP contribution is -1.93. The van der Waals surface area contributed by atoms with Gasteiger partial charge in [-0.2, -0.15) is 0 Å². The highest BCUT2D eigenvalue weighted by Gasteiger charge is 1.97. The summed E-state index contributed by atoms with van der Waals surface area (Å²) in [5.74, 6) is -0.658. The van der Waals surface area contributed by atoms with Crippen LogP contribution >= 0.6 is 22.6 Å². The first-order valence-electron chi connectivity index (χ1n) is 10.1. The van der Waals surface area contributed by atoms with Crippen LogP contribution in [0.3, 0.4) is 0 Å². The molecule has 0 heterocycles. The van der Waals surface area contributed by atoms with Gasteiger partial charge >= 0.3 is 5.97 Å². The molecule has 0 radical (unpaired) electrons. The molecule has 0 bridgehead atoms. The quantitative estimate of drug-likeness (QED) is 0.207. The number of halogens is 1. The number of unbranched alkanes of at least 4 members (excludes halogenated alkanes) is 12. The summed E-state index contributed by atoms with van der Waals surface area (Å²) in [6, 6.07) is 8.92. The molecule has 0 saturated carbocycles. The van der Waals surface area contributed by atoms with Crippen molar-refractivity contribution >= 4 is 28.6 Å². The van der Waals surface area contributed by atoms with Gasteiger partial charge < -0.3 is 5.11 Å². The summed E-state index contributed by atoms with van der Waals surface area (Å²) in [6.45, 7) is 0. The molecular weight excluding hydrogens is 423 g/mol. The first-order chi connectivity index (χ1) is 12.2. The van der Waals surface area contributed by atoms with E-state index in [1.54, 1.807) is 0 Å². The average molecular weight is 458 g/mol. The lowest BCUT2D eigenvalue weighted by atomic mass is 10.0. The van der Waals surface area contributed by atoms with Crippen LogP contribution in [-0.4, -0.2) is 11.1 Å². The Morgan fingerprint density at radius 3 is 1.52 bits per heavy atom. The largest absolute Gasteiger partial charge is 0.481 e. The Morgan fingerprint density at radius 1 is 0.680 bits per heavy atom. The molecule has 1 aromatic carbocycles. The van der Waals surface area contributed by atoms with Crippen molar-refractivity contribution in [2.45, 2.75) is 96.3 Å². The Balaban J connectivity index is 1.76. The van der Waals surface area contributed by atoms with Crippen LogP contribution in [0.1, 0.15) is 95.5 Å². The number of aryl methyl sites for hydroxylation is 1. The van der Waals surface area contributed by atoms with E-state index in [-0.39, 0.29) is 0 Å². The van der Waals surface area contributed by atoms with Crippen molar-refractivity contribution in [3.8, 4) is 0 Å². The molecule has 0 aliphatic heterocycles. The normalized spacial score (nSPS) is 10.9. The fraction of sp³-hybridized carbons (Fsp3) is 0.682. The number of hydrogen-bond donors (Lipinski definition) is 1. The van der Waals surface area contributed by atoms with Gasteiger partial charge in [-0.3, -0.25) is 4.79 Å². The lowest BCUT2D eigenvalue weighted by Gasteiger charge is -2.04. The molecular formula is C22H35IO2. The van der Waals surface area contributed by atoms with Crippen molar-refractivity contribution in [2.75, 3.05) is 0 Å².